The maximum atomic E-state index is 13.4. The Bertz CT molecular complexity index is 470. The van der Waals surface area contributed by atoms with E-state index in [2.05, 4.69) is 5.32 Å². The van der Waals surface area contributed by atoms with Gasteiger partial charge in [0.05, 0.1) is 11.7 Å². The molecule has 2 N–H and O–H groups in total. The fourth-order valence-corrected chi connectivity index (χ4v) is 2.03. The standard InChI is InChI=1S/C13H15F2NO2/c1-7-2-10(12(15)5-11(7)14)13(18)16-6-8-3-9(17)4-8/h2,5,8-9,17H,3-4,6H2,1H3,(H,16,18). The van der Waals surface area contributed by atoms with Crippen LogP contribution in [0.25, 0.3) is 0 Å². The highest BCUT2D eigenvalue weighted by molar-refractivity contribution is 5.94. The van der Waals surface area contributed by atoms with E-state index in [4.69, 9.17) is 5.11 Å². The monoisotopic (exact) mass is 255 g/mol. The molecule has 5 heteroatoms. The predicted molar refractivity (Wildman–Crippen MR) is 62.2 cm³/mol. The minimum Gasteiger partial charge on any atom is -0.393 e. The lowest BCUT2D eigenvalue weighted by Gasteiger charge is -2.31. The Labute approximate surface area is 104 Å². The van der Waals surface area contributed by atoms with Gasteiger partial charge >= 0.3 is 0 Å². The molecule has 0 heterocycles. The molecule has 0 aromatic heterocycles. The summed E-state index contributed by atoms with van der Waals surface area (Å²) in [7, 11) is 0. The van der Waals surface area contributed by atoms with Crippen LogP contribution in [0.1, 0.15) is 28.8 Å². The molecule has 98 valence electrons. The van der Waals surface area contributed by atoms with Gasteiger partial charge in [0.25, 0.3) is 5.91 Å². The fraction of sp³-hybridized carbons (Fsp3) is 0.462. The summed E-state index contributed by atoms with van der Waals surface area (Å²) >= 11 is 0. The van der Waals surface area contributed by atoms with Crippen molar-refractivity contribution in [3.8, 4) is 0 Å². The molecule has 0 saturated heterocycles. The van der Waals surface area contributed by atoms with Gasteiger partial charge in [-0.05, 0) is 37.3 Å². The third-order valence-electron chi connectivity index (χ3n) is 3.26. The lowest BCUT2D eigenvalue weighted by Crippen LogP contribution is -2.38. The maximum Gasteiger partial charge on any atom is 0.254 e. The minimum atomic E-state index is -0.857. The zero-order valence-corrected chi connectivity index (χ0v) is 10.0. The number of hydrogen-bond donors (Lipinski definition) is 2. The Morgan fingerprint density at radius 3 is 2.67 bits per heavy atom. The lowest BCUT2D eigenvalue weighted by molar-refractivity contribution is 0.0420. The van der Waals surface area contributed by atoms with Crippen LogP contribution < -0.4 is 5.32 Å². The topological polar surface area (TPSA) is 49.3 Å². The quantitative estimate of drug-likeness (QED) is 0.865. The van der Waals surface area contributed by atoms with Crippen LogP contribution in [0.3, 0.4) is 0 Å². The molecule has 0 aliphatic heterocycles. The van der Waals surface area contributed by atoms with E-state index in [1.807, 2.05) is 0 Å². The molecule has 0 spiro atoms. The molecule has 1 aliphatic rings. The number of benzene rings is 1. The average Bonchev–Trinajstić information content (AvgIpc) is 2.27. The van der Waals surface area contributed by atoms with E-state index >= 15 is 0 Å². The molecular formula is C13H15F2NO2. The van der Waals surface area contributed by atoms with E-state index in [1.54, 1.807) is 0 Å². The summed E-state index contributed by atoms with van der Waals surface area (Å²) in [5.41, 5.74) is 0.0920. The first kappa shape index (κ1) is 13.0. The second-order valence-electron chi connectivity index (χ2n) is 4.78. The van der Waals surface area contributed by atoms with E-state index in [0.717, 1.165) is 6.07 Å². The number of nitrogens with one attached hydrogen (secondary N) is 1. The van der Waals surface area contributed by atoms with Crippen molar-refractivity contribution in [2.75, 3.05) is 6.54 Å². The van der Waals surface area contributed by atoms with Crippen LogP contribution in [0.4, 0.5) is 8.78 Å². The van der Waals surface area contributed by atoms with Gasteiger partial charge in [0, 0.05) is 12.6 Å². The first-order valence-corrected chi connectivity index (χ1v) is 5.89. The van der Waals surface area contributed by atoms with Crippen molar-refractivity contribution in [2.45, 2.75) is 25.9 Å². The second kappa shape index (κ2) is 5.02. The molecule has 2 rings (SSSR count). The van der Waals surface area contributed by atoms with Crippen LogP contribution in [-0.2, 0) is 0 Å². The minimum absolute atomic E-state index is 0.145. The van der Waals surface area contributed by atoms with Crippen molar-refractivity contribution in [3.63, 3.8) is 0 Å². The number of hydrogen-bond acceptors (Lipinski definition) is 2. The van der Waals surface area contributed by atoms with E-state index in [9.17, 15) is 13.6 Å². The van der Waals surface area contributed by atoms with Gasteiger partial charge < -0.3 is 10.4 Å². The van der Waals surface area contributed by atoms with Crippen LogP contribution in [0.5, 0.6) is 0 Å². The molecule has 1 aliphatic carbocycles. The van der Waals surface area contributed by atoms with Crippen LogP contribution in [0.15, 0.2) is 12.1 Å². The number of aryl methyl sites for hydroxylation is 1. The molecule has 18 heavy (non-hydrogen) atoms. The van der Waals surface area contributed by atoms with Crippen LogP contribution >= 0.6 is 0 Å². The van der Waals surface area contributed by atoms with Gasteiger partial charge in [0.2, 0.25) is 0 Å². The van der Waals surface area contributed by atoms with Gasteiger partial charge in [-0.2, -0.15) is 0 Å². The summed E-state index contributed by atoms with van der Waals surface area (Å²) in [4.78, 5) is 11.7. The van der Waals surface area contributed by atoms with Gasteiger partial charge in [-0.3, -0.25) is 4.79 Å². The molecule has 0 radical (unpaired) electrons. The van der Waals surface area contributed by atoms with Crippen molar-refractivity contribution in [1.29, 1.82) is 0 Å². The van der Waals surface area contributed by atoms with Crippen molar-refractivity contribution in [1.82, 2.24) is 5.32 Å². The highest BCUT2D eigenvalue weighted by atomic mass is 19.1. The van der Waals surface area contributed by atoms with Crippen molar-refractivity contribution >= 4 is 5.91 Å². The third-order valence-corrected chi connectivity index (χ3v) is 3.26. The summed E-state index contributed by atoms with van der Waals surface area (Å²) in [6.07, 6.45) is 1.04. The molecular weight excluding hydrogens is 240 g/mol. The van der Waals surface area contributed by atoms with Crippen LogP contribution in [0.2, 0.25) is 0 Å². The van der Waals surface area contributed by atoms with Gasteiger partial charge in [0.1, 0.15) is 11.6 Å². The summed E-state index contributed by atoms with van der Waals surface area (Å²) in [6, 6.07) is 1.92. The molecule has 1 fully saturated rings. The summed E-state index contributed by atoms with van der Waals surface area (Å²) in [5, 5.41) is 11.7. The number of carbonyl (C=O) groups excluding carboxylic acids is 1. The van der Waals surface area contributed by atoms with Crippen LogP contribution in [-0.4, -0.2) is 23.7 Å². The van der Waals surface area contributed by atoms with E-state index < -0.39 is 17.5 Å². The van der Waals surface area contributed by atoms with Gasteiger partial charge in [0.15, 0.2) is 0 Å². The van der Waals surface area contributed by atoms with E-state index in [0.29, 0.717) is 19.4 Å². The normalized spacial score (nSPS) is 22.4. The van der Waals surface area contributed by atoms with Crippen LogP contribution in [0, 0.1) is 24.5 Å². The first-order valence-electron chi connectivity index (χ1n) is 5.89. The zero-order valence-electron chi connectivity index (χ0n) is 10.0. The molecule has 1 saturated carbocycles. The Balaban J connectivity index is 1.98. The first-order chi connectivity index (χ1) is 8.47. The Kier molecular flexibility index (Phi) is 3.61. The van der Waals surface area contributed by atoms with Crippen molar-refractivity contribution < 1.29 is 18.7 Å². The highest BCUT2D eigenvalue weighted by Gasteiger charge is 2.27. The Morgan fingerprint density at radius 2 is 2.06 bits per heavy atom. The third kappa shape index (κ3) is 2.67. The molecule has 0 unspecified atom stereocenters. The number of rotatable bonds is 3. The number of amides is 1. The molecule has 1 aromatic carbocycles. The molecule has 0 bridgehead atoms. The molecule has 1 aromatic rings. The average molecular weight is 255 g/mol. The SMILES string of the molecule is Cc1cc(C(=O)NCC2CC(O)C2)c(F)cc1F. The smallest absolute Gasteiger partial charge is 0.254 e. The van der Waals surface area contributed by atoms with Gasteiger partial charge in [-0.15, -0.1) is 0 Å². The fourth-order valence-electron chi connectivity index (χ4n) is 2.03. The number of aliphatic hydroxyl groups excluding tert-OH is 1. The van der Waals surface area contributed by atoms with Crippen molar-refractivity contribution in [2.24, 2.45) is 5.92 Å². The Hall–Kier alpha value is -1.49. The number of halogens is 2. The zero-order chi connectivity index (χ0) is 13.3. The molecule has 0 atom stereocenters. The maximum absolute atomic E-state index is 13.4. The second-order valence-corrected chi connectivity index (χ2v) is 4.78. The van der Waals surface area contributed by atoms with Gasteiger partial charge in [-0.1, -0.05) is 0 Å². The largest absolute Gasteiger partial charge is 0.393 e. The summed E-state index contributed by atoms with van der Waals surface area (Å²) in [6.45, 7) is 1.89. The summed E-state index contributed by atoms with van der Waals surface area (Å²) in [5.74, 6) is -1.82. The van der Waals surface area contributed by atoms with Crippen molar-refractivity contribution in [3.05, 3.63) is 34.9 Å². The van der Waals surface area contributed by atoms with Gasteiger partial charge in [-0.25, -0.2) is 8.78 Å². The summed E-state index contributed by atoms with van der Waals surface area (Å²) < 4.78 is 26.5. The van der Waals surface area contributed by atoms with E-state index in [1.165, 1.54) is 13.0 Å². The lowest BCUT2D eigenvalue weighted by atomic mass is 9.82. The molecule has 1 amide bonds. The highest BCUT2D eigenvalue weighted by Crippen LogP contribution is 2.26. The Morgan fingerprint density at radius 1 is 1.39 bits per heavy atom. The van der Waals surface area contributed by atoms with E-state index in [-0.39, 0.29) is 23.1 Å². The number of carbonyl (C=O) groups is 1. The predicted octanol–water partition coefficient (Wildman–Crippen LogP) is 1.77. The number of aliphatic hydroxyl groups is 1. The molecule has 3 nitrogen and oxygen atoms in total.